The minimum Gasteiger partial charge on any atom is -0.469 e. The second-order valence-electron chi connectivity index (χ2n) is 9.07. The summed E-state index contributed by atoms with van der Waals surface area (Å²) in [4.78, 5) is 12.6. The van der Waals surface area contributed by atoms with Gasteiger partial charge in [0.25, 0.3) is 0 Å². The Balaban J connectivity index is 1.80. The fraction of sp³-hybridized carbons (Fsp3) is 0.423. The molecule has 0 unspecified atom stereocenters. The lowest BCUT2D eigenvalue weighted by Crippen LogP contribution is -2.34. The zero-order valence-corrected chi connectivity index (χ0v) is 19.1. The number of hydrogen-bond donors (Lipinski definition) is 0. The van der Waals surface area contributed by atoms with Gasteiger partial charge < -0.3 is 14.2 Å². The topological polar surface area (TPSA) is 44.8 Å². The van der Waals surface area contributed by atoms with Crippen molar-refractivity contribution in [2.24, 2.45) is 5.92 Å². The molecular weight excluding hydrogens is 452 g/mol. The number of rotatable bonds is 5. The van der Waals surface area contributed by atoms with Crippen molar-refractivity contribution < 1.29 is 36.6 Å². The second kappa shape index (κ2) is 9.06. The molecule has 0 N–H and O–H groups in total. The lowest BCUT2D eigenvalue weighted by molar-refractivity contribution is -0.274. The van der Waals surface area contributed by atoms with Crippen molar-refractivity contribution >= 4 is 11.5 Å². The van der Waals surface area contributed by atoms with Crippen molar-refractivity contribution in [3.05, 3.63) is 71.0 Å². The number of hydrogen-bond acceptors (Lipinski definition) is 4. The minimum absolute atomic E-state index is 0.0569. The molecule has 0 saturated heterocycles. The normalized spacial score (nSPS) is 24.5. The number of alkyl halides is 3. The van der Waals surface area contributed by atoms with Crippen molar-refractivity contribution in [3.63, 3.8) is 0 Å². The molecule has 0 aromatic heterocycles. The standard InChI is InChI=1S/C26H26F4O4/c1-15(2)17-6-9-22(34-26(28,29)30)21(12-17)18-13-25(33-14-18)11-10-20(24(31)32-3)23(25)16-4-7-19(27)8-5-16/h4-9,12-13,15,20,23H,10-11,14H2,1-3H3/t20-,23+,25+/m0/s1. The smallest absolute Gasteiger partial charge is 0.469 e. The summed E-state index contributed by atoms with van der Waals surface area (Å²) in [6, 6.07) is 10.5. The van der Waals surface area contributed by atoms with Crippen LogP contribution in [0.5, 0.6) is 5.75 Å². The highest BCUT2D eigenvalue weighted by atomic mass is 19.4. The number of methoxy groups -OCH3 is 1. The first-order valence-corrected chi connectivity index (χ1v) is 11.1. The van der Waals surface area contributed by atoms with Gasteiger partial charge in [-0.05, 0) is 65.8 Å². The molecule has 4 nitrogen and oxygen atoms in total. The van der Waals surface area contributed by atoms with Crippen LogP contribution in [0.2, 0.25) is 0 Å². The minimum atomic E-state index is -4.84. The van der Waals surface area contributed by atoms with Crippen molar-refractivity contribution in [2.45, 2.75) is 50.5 Å². The Bertz CT molecular complexity index is 1090. The predicted molar refractivity (Wildman–Crippen MR) is 118 cm³/mol. The third-order valence-electron chi connectivity index (χ3n) is 6.66. The van der Waals surface area contributed by atoms with Crippen LogP contribution in [0.25, 0.3) is 5.57 Å². The number of carbonyl (C=O) groups is 1. The first-order valence-electron chi connectivity index (χ1n) is 11.1. The van der Waals surface area contributed by atoms with Gasteiger partial charge in [-0.15, -0.1) is 13.2 Å². The van der Waals surface area contributed by atoms with Gasteiger partial charge in [0.1, 0.15) is 11.6 Å². The Hall–Kier alpha value is -2.87. The van der Waals surface area contributed by atoms with E-state index < -0.39 is 35.6 Å². The van der Waals surface area contributed by atoms with Gasteiger partial charge in [0.2, 0.25) is 0 Å². The quantitative estimate of drug-likeness (QED) is 0.370. The number of carbonyl (C=O) groups excluding carboxylic acids is 1. The molecule has 8 heteroatoms. The van der Waals surface area contributed by atoms with E-state index >= 15 is 0 Å². The maximum Gasteiger partial charge on any atom is 0.573 e. The van der Waals surface area contributed by atoms with Crippen LogP contribution in [-0.2, 0) is 14.3 Å². The first-order chi connectivity index (χ1) is 16.0. The highest BCUT2D eigenvalue weighted by Gasteiger charge is 2.54. The Morgan fingerprint density at radius 3 is 2.47 bits per heavy atom. The van der Waals surface area contributed by atoms with Gasteiger partial charge in [-0.3, -0.25) is 4.79 Å². The van der Waals surface area contributed by atoms with Crippen LogP contribution < -0.4 is 4.74 Å². The summed E-state index contributed by atoms with van der Waals surface area (Å²) in [5.41, 5.74) is 1.49. The molecule has 1 spiro atoms. The molecule has 0 radical (unpaired) electrons. The molecule has 1 fully saturated rings. The lowest BCUT2D eigenvalue weighted by Gasteiger charge is -2.31. The molecule has 2 aromatic rings. The van der Waals surface area contributed by atoms with Crippen LogP contribution in [0.4, 0.5) is 17.6 Å². The highest BCUT2D eigenvalue weighted by Crippen LogP contribution is 2.54. The SMILES string of the molecule is COC(=O)[C@H]1CC[C@@]2(C=C(c3cc(C(C)C)ccc3OC(F)(F)F)CO2)[C@@H]1c1ccc(F)cc1. The molecule has 0 bridgehead atoms. The zero-order chi connectivity index (χ0) is 24.7. The van der Waals surface area contributed by atoms with E-state index in [9.17, 15) is 22.4 Å². The number of esters is 1. The Labute approximate surface area is 195 Å². The molecule has 2 aliphatic rings. The van der Waals surface area contributed by atoms with Crippen LogP contribution in [-0.4, -0.2) is 31.6 Å². The largest absolute Gasteiger partial charge is 0.573 e. The third kappa shape index (κ3) is 4.69. The summed E-state index contributed by atoms with van der Waals surface area (Å²) in [5.74, 6) is -2.02. The summed E-state index contributed by atoms with van der Waals surface area (Å²) in [6.07, 6.45) is -2.09. The van der Waals surface area contributed by atoms with Crippen molar-refractivity contribution in [3.8, 4) is 5.75 Å². The summed E-state index contributed by atoms with van der Waals surface area (Å²) >= 11 is 0. The summed E-state index contributed by atoms with van der Waals surface area (Å²) < 4.78 is 68.5. The van der Waals surface area contributed by atoms with Gasteiger partial charge in [-0.2, -0.15) is 0 Å². The molecule has 0 amide bonds. The Morgan fingerprint density at radius 2 is 1.85 bits per heavy atom. The maximum absolute atomic E-state index is 13.6. The van der Waals surface area contributed by atoms with E-state index in [1.165, 1.54) is 25.3 Å². The van der Waals surface area contributed by atoms with Gasteiger partial charge in [0.05, 0.1) is 25.2 Å². The number of halogens is 4. The molecule has 182 valence electrons. The highest BCUT2D eigenvalue weighted by molar-refractivity contribution is 5.78. The van der Waals surface area contributed by atoms with Crippen LogP contribution >= 0.6 is 0 Å². The molecule has 1 heterocycles. The van der Waals surface area contributed by atoms with Crippen molar-refractivity contribution in [2.75, 3.05) is 13.7 Å². The molecule has 1 saturated carbocycles. The maximum atomic E-state index is 13.6. The molecule has 3 atom stereocenters. The number of ether oxygens (including phenoxy) is 3. The Morgan fingerprint density at radius 1 is 1.15 bits per heavy atom. The average Bonchev–Trinajstić information content (AvgIpc) is 3.37. The van der Waals surface area contributed by atoms with E-state index in [1.807, 2.05) is 19.9 Å². The van der Waals surface area contributed by atoms with E-state index in [2.05, 4.69) is 4.74 Å². The van der Waals surface area contributed by atoms with Crippen LogP contribution in [0.1, 0.15) is 55.2 Å². The molecule has 1 aliphatic heterocycles. The lowest BCUT2D eigenvalue weighted by atomic mass is 9.79. The summed E-state index contributed by atoms with van der Waals surface area (Å²) in [5, 5.41) is 0. The van der Waals surface area contributed by atoms with Gasteiger partial charge in [-0.1, -0.05) is 32.0 Å². The molecule has 1 aliphatic carbocycles. The zero-order valence-electron chi connectivity index (χ0n) is 19.1. The second-order valence-corrected chi connectivity index (χ2v) is 9.07. The third-order valence-corrected chi connectivity index (χ3v) is 6.66. The van der Waals surface area contributed by atoms with E-state index in [1.54, 1.807) is 24.3 Å². The number of benzene rings is 2. The van der Waals surface area contributed by atoms with Crippen LogP contribution in [0.15, 0.2) is 48.5 Å². The predicted octanol–water partition coefficient (Wildman–Crippen LogP) is 6.37. The van der Waals surface area contributed by atoms with Crippen LogP contribution in [0, 0.1) is 11.7 Å². The first kappa shape index (κ1) is 24.3. The molecule has 2 aromatic carbocycles. The summed E-state index contributed by atoms with van der Waals surface area (Å²) in [6.45, 7) is 3.96. The molecular formula is C26H26F4O4. The monoisotopic (exact) mass is 478 g/mol. The Kier molecular flexibility index (Phi) is 6.46. The average molecular weight is 478 g/mol. The van der Waals surface area contributed by atoms with Gasteiger partial charge in [0, 0.05) is 11.5 Å². The summed E-state index contributed by atoms with van der Waals surface area (Å²) in [7, 11) is 1.31. The molecule has 34 heavy (non-hydrogen) atoms. The van der Waals surface area contributed by atoms with E-state index in [4.69, 9.17) is 9.47 Å². The van der Waals surface area contributed by atoms with E-state index in [0.29, 0.717) is 29.5 Å². The van der Waals surface area contributed by atoms with Gasteiger partial charge in [0.15, 0.2) is 0 Å². The van der Waals surface area contributed by atoms with Gasteiger partial charge >= 0.3 is 12.3 Å². The van der Waals surface area contributed by atoms with Gasteiger partial charge in [-0.25, -0.2) is 4.39 Å². The fourth-order valence-corrected chi connectivity index (χ4v) is 5.07. The van der Waals surface area contributed by atoms with Crippen molar-refractivity contribution in [1.29, 1.82) is 0 Å². The van der Waals surface area contributed by atoms with Crippen LogP contribution in [0.3, 0.4) is 0 Å². The molecule has 4 rings (SSSR count). The van der Waals surface area contributed by atoms with Crippen molar-refractivity contribution in [1.82, 2.24) is 0 Å². The van der Waals surface area contributed by atoms with E-state index in [0.717, 1.165) is 5.56 Å². The van der Waals surface area contributed by atoms with E-state index in [-0.39, 0.29) is 18.3 Å². The fourth-order valence-electron chi connectivity index (χ4n) is 5.07.